The van der Waals surface area contributed by atoms with Gasteiger partial charge in [0.1, 0.15) is 0 Å². The first-order valence-corrected chi connectivity index (χ1v) is 6.49. The van der Waals surface area contributed by atoms with E-state index in [0.29, 0.717) is 0 Å². The number of para-hydroxylation sites is 1. The smallest absolute Gasteiger partial charge is 0.328 e. The van der Waals surface area contributed by atoms with Gasteiger partial charge in [0.15, 0.2) is 0 Å². The summed E-state index contributed by atoms with van der Waals surface area (Å²) in [6.45, 7) is 1.68. The van der Waals surface area contributed by atoms with Gasteiger partial charge in [-0.3, -0.25) is 0 Å². The van der Waals surface area contributed by atoms with Crippen LogP contribution in [0.2, 0.25) is 0 Å². The number of carbonyl (C=O) groups is 1. The number of aliphatic carboxylic acids is 1. The van der Waals surface area contributed by atoms with Gasteiger partial charge in [-0.05, 0) is 30.5 Å². The summed E-state index contributed by atoms with van der Waals surface area (Å²) < 4.78 is 5.63. The maximum Gasteiger partial charge on any atom is 0.328 e. The number of rotatable bonds is 5. The molecule has 1 aromatic carbocycles. The third kappa shape index (κ3) is 3.83. The Morgan fingerprint density at radius 3 is 3.00 bits per heavy atom. The average molecular weight is 261 g/mol. The Morgan fingerprint density at radius 1 is 1.53 bits per heavy atom. The normalized spacial score (nSPS) is 18.9. The SMILES string of the molecule is CN(CC1CCCO1)c1ccccc1/C=C/C(=O)O. The molecule has 1 N–H and O–H groups in total. The molecule has 1 aliphatic rings. The van der Waals surface area contributed by atoms with E-state index >= 15 is 0 Å². The van der Waals surface area contributed by atoms with Crippen molar-refractivity contribution in [2.45, 2.75) is 18.9 Å². The van der Waals surface area contributed by atoms with Gasteiger partial charge in [0, 0.05) is 32.0 Å². The third-order valence-electron chi connectivity index (χ3n) is 3.25. The predicted molar refractivity (Wildman–Crippen MR) is 75.4 cm³/mol. The van der Waals surface area contributed by atoms with Crippen LogP contribution in [0.15, 0.2) is 30.3 Å². The highest BCUT2D eigenvalue weighted by Gasteiger charge is 2.18. The largest absolute Gasteiger partial charge is 0.478 e. The van der Waals surface area contributed by atoms with E-state index in [1.54, 1.807) is 6.08 Å². The first kappa shape index (κ1) is 13.6. The molecule has 0 saturated carbocycles. The molecule has 0 aliphatic carbocycles. The van der Waals surface area contributed by atoms with Crippen LogP contribution >= 0.6 is 0 Å². The molecule has 1 saturated heterocycles. The number of hydrogen-bond acceptors (Lipinski definition) is 3. The number of likely N-dealkylation sites (N-methyl/N-ethyl adjacent to an activating group) is 1. The molecule has 1 atom stereocenters. The summed E-state index contributed by atoms with van der Waals surface area (Å²) in [4.78, 5) is 12.7. The van der Waals surface area contributed by atoms with Crippen LogP contribution in [0.25, 0.3) is 6.08 Å². The van der Waals surface area contributed by atoms with Gasteiger partial charge in [0.05, 0.1) is 6.10 Å². The third-order valence-corrected chi connectivity index (χ3v) is 3.25. The molecule has 0 aromatic heterocycles. The van der Waals surface area contributed by atoms with E-state index in [1.165, 1.54) is 6.08 Å². The molecule has 1 aliphatic heterocycles. The summed E-state index contributed by atoms with van der Waals surface area (Å²) in [5.74, 6) is -0.934. The molecule has 0 radical (unpaired) electrons. The second kappa shape index (κ2) is 6.38. The molecule has 1 heterocycles. The zero-order valence-electron chi connectivity index (χ0n) is 11.1. The van der Waals surface area contributed by atoms with Gasteiger partial charge in [0.25, 0.3) is 0 Å². The second-order valence-corrected chi connectivity index (χ2v) is 4.75. The van der Waals surface area contributed by atoms with Crippen LogP contribution in [0.4, 0.5) is 5.69 Å². The Balaban J connectivity index is 2.11. The summed E-state index contributed by atoms with van der Waals surface area (Å²) in [5, 5.41) is 8.71. The summed E-state index contributed by atoms with van der Waals surface area (Å²) >= 11 is 0. The molecule has 1 unspecified atom stereocenters. The van der Waals surface area contributed by atoms with Crippen LogP contribution in [0.5, 0.6) is 0 Å². The molecule has 4 heteroatoms. The van der Waals surface area contributed by atoms with Crippen molar-refractivity contribution in [3.8, 4) is 0 Å². The van der Waals surface area contributed by atoms with Gasteiger partial charge in [-0.2, -0.15) is 0 Å². The van der Waals surface area contributed by atoms with Crippen molar-refractivity contribution in [2.75, 3.05) is 25.1 Å². The van der Waals surface area contributed by atoms with Crippen LogP contribution in [0.1, 0.15) is 18.4 Å². The van der Waals surface area contributed by atoms with Crippen LogP contribution in [0.3, 0.4) is 0 Å². The standard InChI is InChI=1S/C15H19NO3/c1-16(11-13-6-4-10-19-13)14-7-3-2-5-12(14)8-9-15(17)18/h2-3,5,7-9,13H,4,6,10-11H2,1H3,(H,17,18)/b9-8+. The molecule has 0 spiro atoms. The number of ether oxygens (including phenoxy) is 1. The van der Waals surface area contributed by atoms with Gasteiger partial charge < -0.3 is 14.7 Å². The molecular formula is C15H19NO3. The molecular weight excluding hydrogens is 242 g/mol. The number of anilines is 1. The molecule has 19 heavy (non-hydrogen) atoms. The summed E-state index contributed by atoms with van der Waals surface area (Å²) in [7, 11) is 2.01. The fraction of sp³-hybridized carbons (Fsp3) is 0.400. The molecule has 2 rings (SSSR count). The minimum absolute atomic E-state index is 0.279. The number of nitrogens with zero attached hydrogens (tertiary/aromatic N) is 1. The molecule has 1 fully saturated rings. The lowest BCUT2D eigenvalue weighted by atomic mass is 10.1. The summed E-state index contributed by atoms with van der Waals surface area (Å²) in [6, 6.07) is 7.78. The lowest BCUT2D eigenvalue weighted by Gasteiger charge is -2.24. The van der Waals surface area contributed by atoms with E-state index in [1.807, 2.05) is 31.3 Å². The Kier molecular flexibility index (Phi) is 4.58. The maximum absolute atomic E-state index is 10.6. The van der Waals surface area contributed by atoms with Crippen LogP contribution in [-0.4, -0.2) is 37.4 Å². The van der Waals surface area contributed by atoms with Crippen LogP contribution in [-0.2, 0) is 9.53 Å². The first-order valence-electron chi connectivity index (χ1n) is 6.49. The van der Waals surface area contributed by atoms with Crippen molar-refractivity contribution in [1.82, 2.24) is 0 Å². The van der Waals surface area contributed by atoms with E-state index < -0.39 is 5.97 Å². The highest BCUT2D eigenvalue weighted by molar-refractivity contribution is 5.86. The lowest BCUT2D eigenvalue weighted by Crippen LogP contribution is -2.28. The highest BCUT2D eigenvalue weighted by Crippen LogP contribution is 2.23. The van der Waals surface area contributed by atoms with Gasteiger partial charge in [-0.15, -0.1) is 0 Å². The van der Waals surface area contributed by atoms with Crippen LogP contribution < -0.4 is 4.90 Å². The Morgan fingerprint density at radius 2 is 2.32 bits per heavy atom. The van der Waals surface area contributed by atoms with E-state index in [9.17, 15) is 4.79 Å². The van der Waals surface area contributed by atoms with Crippen molar-refractivity contribution in [1.29, 1.82) is 0 Å². The molecule has 0 amide bonds. The van der Waals surface area contributed by atoms with Crippen molar-refractivity contribution < 1.29 is 14.6 Å². The zero-order valence-corrected chi connectivity index (χ0v) is 11.1. The van der Waals surface area contributed by atoms with E-state index in [4.69, 9.17) is 9.84 Å². The first-order chi connectivity index (χ1) is 9.16. The average Bonchev–Trinajstić information content (AvgIpc) is 2.89. The van der Waals surface area contributed by atoms with Gasteiger partial charge in [-0.1, -0.05) is 18.2 Å². The van der Waals surface area contributed by atoms with Gasteiger partial charge in [-0.25, -0.2) is 4.79 Å². The summed E-state index contributed by atoms with van der Waals surface area (Å²) in [5.41, 5.74) is 1.93. The summed E-state index contributed by atoms with van der Waals surface area (Å²) in [6.07, 6.45) is 5.29. The molecule has 4 nitrogen and oxygen atoms in total. The fourth-order valence-corrected chi connectivity index (χ4v) is 2.33. The number of carboxylic acid groups (broad SMARTS) is 1. The molecule has 102 valence electrons. The molecule has 1 aromatic rings. The highest BCUT2D eigenvalue weighted by atomic mass is 16.5. The Bertz CT molecular complexity index is 464. The topological polar surface area (TPSA) is 49.8 Å². The van der Waals surface area contributed by atoms with Crippen molar-refractivity contribution in [3.63, 3.8) is 0 Å². The Hall–Kier alpha value is -1.81. The lowest BCUT2D eigenvalue weighted by molar-refractivity contribution is -0.131. The van der Waals surface area contributed by atoms with E-state index in [2.05, 4.69) is 4.90 Å². The van der Waals surface area contributed by atoms with Gasteiger partial charge >= 0.3 is 5.97 Å². The maximum atomic E-state index is 10.6. The van der Waals surface area contributed by atoms with Crippen molar-refractivity contribution in [2.24, 2.45) is 0 Å². The molecule has 0 bridgehead atoms. The van der Waals surface area contributed by atoms with Crippen molar-refractivity contribution in [3.05, 3.63) is 35.9 Å². The van der Waals surface area contributed by atoms with E-state index in [-0.39, 0.29) is 6.10 Å². The minimum Gasteiger partial charge on any atom is -0.478 e. The predicted octanol–water partition coefficient (Wildman–Crippen LogP) is 2.40. The number of benzene rings is 1. The zero-order chi connectivity index (χ0) is 13.7. The quantitative estimate of drug-likeness (QED) is 0.827. The number of carboxylic acids is 1. The van der Waals surface area contributed by atoms with Crippen molar-refractivity contribution >= 4 is 17.7 Å². The monoisotopic (exact) mass is 261 g/mol. The second-order valence-electron chi connectivity index (χ2n) is 4.75. The minimum atomic E-state index is -0.934. The van der Waals surface area contributed by atoms with E-state index in [0.717, 1.165) is 37.2 Å². The number of hydrogen-bond donors (Lipinski definition) is 1. The Labute approximate surface area is 113 Å². The van der Waals surface area contributed by atoms with Gasteiger partial charge in [0.2, 0.25) is 0 Å². The fourth-order valence-electron chi connectivity index (χ4n) is 2.33. The van der Waals surface area contributed by atoms with Crippen LogP contribution in [0, 0.1) is 0 Å².